The second-order valence-electron chi connectivity index (χ2n) is 7.87. The van der Waals surface area contributed by atoms with Crippen molar-refractivity contribution in [1.29, 1.82) is 0 Å². The van der Waals surface area contributed by atoms with Crippen LogP contribution in [0.2, 0.25) is 10.0 Å². The van der Waals surface area contributed by atoms with Crippen LogP contribution in [0.15, 0.2) is 30.5 Å². The summed E-state index contributed by atoms with van der Waals surface area (Å²) in [7, 11) is 4.61. The molecule has 1 aromatic heterocycles. The largest absolute Gasteiger partial charge is 0.495 e. The lowest BCUT2D eigenvalue weighted by molar-refractivity contribution is 0.0991. The number of carboxylic acid groups (broad SMARTS) is 1. The van der Waals surface area contributed by atoms with Crippen LogP contribution < -0.4 is 14.8 Å². The van der Waals surface area contributed by atoms with E-state index >= 15 is 0 Å². The Balaban J connectivity index is 1.61. The Morgan fingerprint density at radius 1 is 1.18 bits per heavy atom. The van der Waals surface area contributed by atoms with Crippen LogP contribution in [0, 0.1) is 0 Å². The summed E-state index contributed by atoms with van der Waals surface area (Å²) in [6.45, 7) is 0.671. The first-order valence-corrected chi connectivity index (χ1v) is 11.2. The van der Waals surface area contributed by atoms with Crippen molar-refractivity contribution < 1.29 is 24.1 Å². The van der Waals surface area contributed by atoms with Gasteiger partial charge in [-0.25, -0.2) is 14.8 Å². The van der Waals surface area contributed by atoms with Crippen molar-refractivity contribution in [2.24, 2.45) is 0 Å². The molecule has 1 aliphatic rings. The van der Waals surface area contributed by atoms with Gasteiger partial charge < -0.3 is 29.5 Å². The van der Waals surface area contributed by atoms with Crippen molar-refractivity contribution in [3.05, 3.63) is 40.5 Å². The van der Waals surface area contributed by atoms with Gasteiger partial charge >= 0.3 is 6.09 Å². The highest BCUT2D eigenvalue weighted by atomic mass is 35.5. The van der Waals surface area contributed by atoms with Gasteiger partial charge in [-0.05, 0) is 24.1 Å². The Morgan fingerprint density at radius 3 is 2.50 bits per heavy atom. The number of halogens is 2. The van der Waals surface area contributed by atoms with E-state index in [-0.39, 0.29) is 12.1 Å². The standard InChI is InChI=1S/C23H24Cl2N4O5/c1-32-11-15-7-14(10-29(15)23(30)31)27-22-26-9-13-6-12(4-5-16(13)28-22)19-20(24)17(33-2)8-18(34-3)21(19)25/h4-6,8-9,14-15H,7,10-11H2,1-3H3,(H,30,31)(H,26,27,28)/t14-,15-/m0/s1. The van der Waals surface area contributed by atoms with Gasteiger partial charge in [-0.3, -0.25) is 0 Å². The first kappa shape index (κ1) is 24.1. The molecule has 2 atom stereocenters. The molecule has 0 spiro atoms. The molecule has 3 aromatic rings. The summed E-state index contributed by atoms with van der Waals surface area (Å²) in [5, 5.41) is 14.2. The third-order valence-corrected chi connectivity index (χ3v) is 6.55. The van der Waals surface area contributed by atoms with E-state index in [9.17, 15) is 9.90 Å². The van der Waals surface area contributed by atoms with E-state index in [4.69, 9.17) is 37.4 Å². The molecule has 1 aliphatic heterocycles. The number of benzene rings is 2. The molecule has 1 saturated heterocycles. The fourth-order valence-corrected chi connectivity index (χ4v) is 4.90. The summed E-state index contributed by atoms with van der Waals surface area (Å²) in [5.74, 6) is 1.33. The molecule has 2 aromatic carbocycles. The van der Waals surface area contributed by atoms with E-state index in [2.05, 4.69) is 15.3 Å². The zero-order valence-corrected chi connectivity index (χ0v) is 20.4. The summed E-state index contributed by atoms with van der Waals surface area (Å²) in [4.78, 5) is 21.9. The molecular weight excluding hydrogens is 483 g/mol. The highest BCUT2D eigenvalue weighted by Gasteiger charge is 2.35. The van der Waals surface area contributed by atoms with Gasteiger partial charge in [0.05, 0.1) is 42.4 Å². The van der Waals surface area contributed by atoms with Crippen LogP contribution in [0.1, 0.15) is 6.42 Å². The lowest BCUT2D eigenvalue weighted by Crippen LogP contribution is -2.37. The Labute approximate surface area is 206 Å². The quantitative estimate of drug-likeness (QED) is 0.470. The van der Waals surface area contributed by atoms with E-state index in [1.807, 2.05) is 18.2 Å². The minimum absolute atomic E-state index is 0.116. The molecule has 2 N–H and O–H groups in total. The Bertz CT molecular complexity index is 1200. The van der Waals surface area contributed by atoms with Crippen molar-refractivity contribution in [3.63, 3.8) is 0 Å². The monoisotopic (exact) mass is 506 g/mol. The molecule has 2 heterocycles. The van der Waals surface area contributed by atoms with Gasteiger partial charge in [-0.15, -0.1) is 0 Å². The van der Waals surface area contributed by atoms with Crippen LogP contribution in [0.3, 0.4) is 0 Å². The summed E-state index contributed by atoms with van der Waals surface area (Å²) >= 11 is 13.1. The third kappa shape index (κ3) is 4.64. The summed E-state index contributed by atoms with van der Waals surface area (Å²) in [6, 6.07) is 6.92. The number of carbonyl (C=O) groups is 1. The molecule has 0 radical (unpaired) electrons. The van der Waals surface area contributed by atoms with E-state index in [1.54, 1.807) is 19.4 Å². The molecule has 34 heavy (non-hydrogen) atoms. The number of hydrogen-bond acceptors (Lipinski definition) is 7. The van der Waals surface area contributed by atoms with Crippen molar-refractivity contribution in [2.45, 2.75) is 18.5 Å². The molecule has 1 amide bonds. The number of nitrogens with zero attached hydrogens (tertiary/aromatic N) is 3. The van der Waals surface area contributed by atoms with E-state index < -0.39 is 6.09 Å². The van der Waals surface area contributed by atoms with E-state index in [1.165, 1.54) is 19.1 Å². The van der Waals surface area contributed by atoms with Crippen LogP contribution in [0.4, 0.5) is 10.7 Å². The first-order chi connectivity index (χ1) is 16.4. The van der Waals surface area contributed by atoms with Crippen molar-refractivity contribution in [1.82, 2.24) is 14.9 Å². The maximum absolute atomic E-state index is 11.5. The molecule has 1 fully saturated rings. The van der Waals surface area contributed by atoms with Gasteiger partial charge in [0.15, 0.2) is 0 Å². The highest BCUT2D eigenvalue weighted by molar-refractivity contribution is 6.41. The predicted molar refractivity (Wildman–Crippen MR) is 131 cm³/mol. The number of anilines is 1. The Hall–Kier alpha value is -3.01. The van der Waals surface area contributed by atoms with Crippen molar-refractivity contribution in [2.75, 3.05) is 39.8 Å². The number of methoxy groups -OCH3 is 3. The van der Waals surface area contributed by atoms with E-state index in [0.29, 0.717) is 58.1 Å². The number of aromatic nitrogens is 2. The van der Waals surface area contributed by atoms with Crippen molar-refractivity contribution in [3.8, 4) is 22.6 Å². The zero-order chi connectivity index (χ0) is 24.4. The van der Waals surface area contributed by atoms with E-state index in [0.717, 1.165) is 10.9 Å². The SMILES string of the molecule is COC[C@@H]1C[C@H](Nc2ncc3cc(-c4c(Cl)c(OC)cc(OC)c4Cl)ccc3n2)CN1C(=O)O. The maximum atomic E-state index is 11.5. The third-order valence-electron chi connectivity index (χ3n) is 5.79. The Morgan fingerprint density at radius 2 is 1.88 bits per heavy atom. The average Bonchev–Trinajstić information content (AvgIpc) is 3.22. The minimum atomic E-state index is -0.968. The fourth-order valence-electron chi connectivity index (χ4n) is 4.19. The van der Waals surface area contributed by atoms with Crippen LogP contribution >= 0.6 is 23.2 Å². The van der Waals surface area contributed by atoms with Crippen LogP contribution in [0.25, 0.3) is 22.0 Å². The van der Waals surface area contributed by atoms with Gasteiger partial charge in [-0.2, -0.15) is 0 Å². The van der Waals surface area contributed by atoms with Gasteiger partial charge in [-0.1, -0.05) is 29.3 Å². The number of amides is 1. The van der Waals surface area contributed by atoms with Gasteiger partial charge in [0.1, 0.15) is 11.5 Å². The smallest absolute Gasteiger partial charge is 0.407 e. The summed E-state index contributed by atoms with van der Waals surface area (Å²) < 4.78 is 15.9. The number of nitrogens with one attached hydrogen (secondary N) is 1. The molecule has 4 rings (SSSR count). The minimum Gasteiger partial charge on any atom is -0.495 e. The fraction of sp³-hybridized carbons (Fsp3) is 0.348. The summed E-state index contributed by atoms with van der Waals surface area (Å²) in [6.07, 6.45) is 1.34. The number of ether oxygens (including phenoxy) is 3. The van der Waals surface area contributed by atoms with Gasteiger partial charge in [0.25, 0.3) is 0 Å². The number of likely N-dealkylation sites (tertiary alicyclic amines) is 1. The molecule has 180 valence electrons. The Kier molecular flexibility index (Phi) is 7.16. The lowest BCUT2D eigenvalue weighted by Gasteiger charge is -2.19. The molecule has 0 unspecified atom stereocenters. The lowest BCUT2D eigenvalue weighted by atomic mass is 10.0. The molecule has 0 bridgehead atoms. The molecule has 0 saturated carbocycles. The molecule has 11 heteroatoms. The number of fused-ring (bicyclic) bond motifs is 1. The van der Waals surface area contributed by atoms with Gasteiger partial charge in [0, 0.05) is 42.9 Å². The van der Waals surface area contributed by atoms with Gasteiger partial charge in [0.2, 0.25) is 5.95 Å². The van der Waals surface area contributed by atoms with Crippen LogP contribution in [-0.2, 0) is 4.74 Å². The maximum Gasteiger partial charge on any atom is 0.407 e. The highest BCUT2D eigenvalue weighted by Crippen LogP contribution is 2.46. The first-order valence-electron chi connectivity index (χ1n) is 10.5. The number of hydrogen-bond donors (Lipinski definition) is 2. The normalized spacial score (nSPS) is 17.7. The van der Waals surface area contributed by atoms with Crippen LogP contribution in [0.5, 0.6) is 11.5 Å². The molecule has 0 aliphatic carbocycles. The summed E-state index contributed by atoms with van der Waals surface area (Å²) in [5.41, 5.74) is 2.07. The average molecular weight is 507 g/mol. The van der Waals surface area contributed by atoms with Crippen LogP contribution in [-0.4, -0.2) is 72.6 Å². The van der Waals surface area contributed by atoms with Crippen molar-refractivity contribution >= 4 is 46.1 Å². The zero-order valence-electron chi connectivity index (χ0n) is 18.8. The molecular formula is C23H24Cl2N4O5. The predicted octanol–water partition coefficient (Wildman–Crippen LogP) is 4.80. The second-order valence-corrected chi connectivity index (χ2v) is 8.63. The second kappa shape index (κ2) is 10.1. The number of rotatable bonds is 7. The topological polar surface area (TPSA) is 106 Å². The molecule has 9 nitrogen and oxygen atoms in total.